The Kier molecular flexibility index (Phi) is 5.27. The van der Waals surface area contributed by atoms with E-state index in [1.807, 2.05) is 21.6 Å². The number of fused-ring (bicyclic) bond motifs is 1. The number of piperidine rings is 1. The summed E-state index contributed by atoms with van der Waals surface area (Å²) in [7, 11) is 1.79. The Labute approximate surface area is 171 Å². The second kappa shape index (κ2) is 7.59. The zero-order valence-corrected chi connectivity index (χ0v) is 18.0. The van der Waals surface area contributed by atoms with Gasteiger partial charge in [0.25, 0.3) is 0 Å². The fraction of sp³-hybridized carbons (Fsp3) is 0.682. The smallest absolute Gasteiger partial charge is 0.330 e. The van der Waals surface area contributed by atoms with Gasteiger partial charge in [-0.15, -0.1) is 0 Å². The molecule has 29 heavy (non-hydrogen) atoms. The van der Waals surface area contributed by atoms with Gasteiger partial charge in [-0.3, -0.25) is 13.9 Å². The summed E-state index contributed by atoms with van der Waals surface area (Å²) in [6.07, 6.45) is 2.82. The highest BCUT2D eigenvalue weighted by molar-refractivity contribution is 5.79. The van der Waals surface area contributed by atoms with Gasteiger partial charge in [-0.1, -0.05) is 20.8 Å². The molecule has 7 heteroatoms. The Morgan fingerprint density at radius 3 is 2.76 bits per heavy atom. The van der Waals surface area contributed by atoms with Crippen LogP contribution in [-0.2, 0) is 23.1 Å². The summed E-state index contributed by atoms with van der Waals surface area (Å²) >= 11 is 0. The minimum atomic E-state index is -0.0266. The number of carbonyl (C=O) groups excluding carboxylic acids is 1. The summed E-state index contributed by atoms with van der Waals surface area (Å²) < 4.78 is 8.86. The number of likely N-dealkylation sites (tertiary alicyclic amines) is 1. The number of nitrogens with zero attached hydrogens (tertiary/aromatic N) is 4. The summed E-state index contributed by atoms with van der Waals surface area (Å²) in [5.74, 6) is 0.439. The lowest BCUT2D eigenvalue weighted by Crippen LogP contribution is -2.42. The molecule has 2 aliphatic rings. The van der Waals surface area contributed by atoms with E-state index in [0.29, 0.717) is 26.3 Å². The lowest BCUT2D eigenvalue weighted by molar-refractivity contribution is -0.136. The molecule has 0 aromatic carbocycles. The van der Waals surface area contributed by atoms with Crippen LogP contribution in [0, 0.1) is 11.3 Å². The van der Waals surface area contributed by atoms with Gasteiger partial charge in [-0.2, -0.15) is 0 Å². The predicted octanol–water partition coefficient (Wildman–Crippen LogP) is 2.52. The van der Waals surface area contributed by atoms with Gasteiger partial charge in [0.15, 0.2) is 5.65 Å². The minimum absolute atomic E-state index is 0.00493. The zero-order valence-electron chi connectivity index (χ0n) is 18.0. The van der Waals surface area contributed by atoms with E-state index in [1.54, 1.807) is 11.6 Å². The van der Waals surface area contributed by atoms with Crippen LogP contribution in [0.25, 0.3) is 11.2 Å². The molecule has 0 N–H and O–H groups in total. The number of aromatic nitrogens is 3. The van der Waals surface area contributed by atoms with E-state index in [0.717, 1.165) is 42.7 Å². The first-order valence-electron chi connectivity index (χ1n) is 10.7. The second-order valence-corrected chi connectivity index (χ2v) is 9.75. The molecule has 2 atom stereocenters. The molecule has 158 valence electrons. The molecule has 2 aromatic rings. The van der Waals surface area contributed by atoms with Crippen LogP contribution in [0.3, 0.4) is 0 Å². The molecule has 4 heterocycles. The van der Waals surface area contributed by atoms with E-state index < -0.39 is 0 Å². The molecule has 2 fully saturated rings. The molecular weight excluding hydrogens is 368 g/mol. The van der Waals surface area contributed by atoms with Crippen molar-refractivity contribution in [1.82, 2.24) is 19.0 Å². The van der Waals surface area contributed by atoms with Gasteiger partial charge in [0.1, 0.15) is 0 Å². The highest BCUT2D eigenvalue weighted by Crippen LogP contribution is 2.29. The first-order valence-corrected chi connectivity index (χ1v) is 10.7. The molecule has 2 aromatic heterocycles. The van der Waals surface area contributed by atoms with Crippen molar-refractivity contribution in [1.29, 1.82) is 0 Å². The van der Waals surface area contributed by atoms with Crippen molar-refractivity contribution in [2.45, 2.75) is 52.5 Å². The Morgan fingerprint density at radius 2 is 2.07 bits per heavy atom. The molecule has 0 bridgehead atoms. The van der Waals surface area contributed by atoms with Gasteiger partial charge in [0, 0.05) is 44.9 Å². The number of hydrogen-bond donors (Lipinski definition) is 0. The van der Waals surface area contributed by atoms with Crippen LogP contribution in [-0.4, -0.2) is 51.2 Å². The van der Waals surface area contributed by atoms with Crippen molar-refractivity contribution >= 4 is 17.1 Å². The maximum atomic E-state index is 12.8. The van der Waals surface area contributed by atoms with Gasteiger partial charge in [0.2, 0.25) is 5.91 Å². The molecule has 0 radical (unpaired) electrons. The van der Waals surface area contributed by atoms with E-state index in [-0.39, 0.29) is 28.8 Å². The SMILES string of the molecule is Cn1c(=O)n(CC(C)(C)C)c2ccc(C3CCCN(C(=O)C4CCOC4)C3)nc21. The molecule has 0 saturated carbocycles. The molecule has 2 unspecified atom stereocenters. The van der Waals surface area contributed by atoms with Crippen molar-refractivity contribution in [2.75, 3.05) is 26.3 Å². The fourth-order valence-electron chi connectivity index (χ4n) is 4.55. The molecular formula is C22H32N4O3. The Balaban J connectivity index is 1.60. The number of hydrogen-bond acceptors (Lipinski definition) is 4. The zero-order chi connectivity index (χ0) is 20.8. The highest BCUT2D eigenvalue weighted by Gasteiger charge is 2.32. The minimum Gasteiger partial charge on any atom is -0.381 e. The average Bonchev–Trinajstić information content (AvgIpc) is 3.30. The Hall–Kier alpha value is -2.15. The van der Waals surface area contributed by atoms with Gasteiger partial charge < -0.3 is 9.64 Å². The van der Waals surface area contributed by atoms with Crippen LogP contribution in [0.5, 0.6) is 0 Å². The molecule has 2 saturated heterocycles. The van der Waals surface area contributed by atoms with E-state index in [4.69, 9.17) is 9.72 Å². The first-order chi connectivity index (χ1) is 13.7. The van der Waals surface area contributed by atoms with Crippen molar-refractivity contribution in [2.24, 2.45) is 18.4 Å². The topological polar surface area (TPSA) is 69.4 Å². The van der Waals surface area contributed by atoms with Crippen molar-refractivity contribution in [3.8, 4) is 0 Å². The molecule has 2 aliphatic heterocycles. The van der Waals surface area contributed by atoms with E-state index in [2.05, 4.69) is 20.8 Å². The summed E-state index contributed by atoms with van der Waals surface area (Å²) in [4.78, 5) is 32.4. The number of amides is 1. The molecule has 0 spiro atoms. The molecule has 4 rings (SSSR count). The molecule has 7 nitrogen and oxygen atoms in total. The van der Waals surface area contributed by atoms with Crippen molar-refractivity contribution < 1.29 is 9.53 Å². The highest BCUT2D eigenvalue weighted by atomic mass is 16.5. The van der Waals surface area contributed by atoms with Crippen LogP contribution in [0.2, 0.25) is 0 Å². The number of pyridine rings is 1. The Bertz CT molecular complexity index is 963. The van der Waals surface area contributed by atoms with Crippen LogP contribution in [0.15, 0.2) is 16.9 Å². The van der Waals surface area contributed by atoms with Crippen LogP contribution in [0.1, 0.15) is 51.6 Å². The number of imidazole rings is 1. The van der Waals surface area contributed by atoms with Crippen molar-refractivity contribution in [3.05, 3.63) is 28.3 Å². The van der Waals surface area contributed by atoms with Crippen LogP contribution >= 0.6 is 0 Å². The maximum absolute atomic E-state index is 12.8. The monoisotopic (exact) mass is 400 g/mol. The van der Waals surface area contributed by atoms with Gasteiger partial charge in [-0.25, -0.2) is 9.78 Å². The standard InChI is InChI=1S/C22H32N4O3/c1-22(2,3)14-26-18-8-7-17(23-19(18)24(4)21(26)28)15-6-5-10-25(12-15)20(27)16-9-11-29-13-16/h7-8,15-16H,5-6,9-14H2,1-4H3. The summed E-state index contributed by atoms with van der Waals surface area (Å²) in [6, 6.07) is 4.06. The number of aryl methyl sites for hydroxylation is 1. The quantitative estimate of drug-likeness (QED) is 0.794. The third-order valence-electron chi connectivity index (χ3n) is 6.07. The second-order valence-electron chi connectivity index (χ2n) is 9.75. The largest absolute Gasteiger partial charge is 0.381 e. The van der Waals surface area contributed by atoms with Gasteiger partial charge in [-0.05, 0) is 36.8 Å². The summed E-state index contributed by atoms with van der Waals surface area (Å²) in [6.45, 7) is 9.78. The normalized spacial score (nSPS) is 23.1. The summed E-state index contributed by atoms with van der Waals surface area (Å²) in [5.41, 5.74) is 2.56. The van der Waals surface area contributed by atoms with Crippen LogP contribution in [0.4, 0.5) is 0 Å². The lowest BCUT2D eigenvalue weighted by Gasteiger charge is -2.34. The third kappa shape index (κ3) is 3.97. The summed E-state index contributed by atoms with van der Waals surface area (Å²) in [5, 5.41) is 0. The Morgan fingerprint density at radius 1 is 1.28 bits per heavy atom. The number of carbonyl (C=O) groups is 1. The predicted molar refractivity (Wildman–Crippen MR) is 112 cm³/mol. The fourth-order valence-corrected chi connectivity index (χ4v) is 4.55. The van der Waals surface area contributed by atoms with E-state index in [1.165, 1.54) is 0 Å². The number of ether oxygens (including phenoxy) is 1. The van der Waals surface area contributed by atoms with Gasteiger partial charge >= 0.3 is 5.69 Å². The van der Waals surface area contributed by atoms with Crippen molar-refractivity contribution in [3.63, 3.8) is 0 Å². The van der Waals surface area contributed by atoms with Gasteiger partial charge in [0.05, 0.1) is 18.0 Å². The van der Waals surface area contributed by atoms with E-state index in [9.17, 15) is 9.59 Å². The van der Waals surface area contributed by atoms with E-state index >= 15 is 0 Å². The lowest BCUT2D eigenvalue weighted by atomic mass is 9.93. The molecule has 0 aliphatic carbocycles. The molecule has 1 amide bonds. The first kappa shape index (κ1) is 20.1. The average molecular weight is 401 g/mol. The maximum Gasteiger partial charge on any atom is 0.330 e. The third-order valence-corrected chi connectivity index (χ3v) is 6.07. The van der Waals surface area contributed by atoms with Crippen LogP contribution < -0.4 is 5.69 Å². The number of rotatable bonds is 3.